The summed E-state index contributed by atoms with van der Waals surface area (Å²) in [4.78, 5) is 4.97. The van der Waals surface area contributed by atoms with Crippen LogP contribution in [0, 0.1) is 0 Å². The summed E-state index contributed by atoms with van der Waals surface area (Å²) < 4.78 is 2.49. The number of fused-ring (bicyclic) bond motifs is 12. The molecule has 3 nitrogen and oxygen atoms in total. The standard InChI is InChI=1S/C70H45N3S/c1-2-24-55(25-3-1)73-66-39-34-54(44-65(66)68-62-28-14-12-26-60(62)61-27-13-15-29-63(61)69(68)73)64-45-67(71(56-35-30-46-16-4-8-20-50(46)40-56)57-36-31-47-17-5-9-21-51(47)41-57)74-70(64)72(58-37-32-48-18-6-10-22-52(48)42-58)59-38-33-49-19-7-11-23-53(49)43-59/h1-45H. The van der Waals surface area contributed by atoms with Gasteiger partial charge in [0, 0.05) is 50.2 Å². The van der Waals surface area contributed by atoms with E-state index in [0.29, 0.717) is 0 Å². The maximum Gasteiger partial charge on any atom is 0.110 e. The van der Waals surface area contributed by atoms with E-state index in [-0.39, 0.29) is 0 Å². The van der Waals surface area contributed by atoms with Crippen molar-refractivity contribution in [3.63, 3.8) is 0 Å². The smallest absolute Gasteiger partial charge is 0.110 e. The van der Waals surface area contributed by atoms with E-state index in [1.54, 1.807) is 0 Å². The second-order valence-corrected chi connectivity index (χ2v) is 20.3. The number of anilines is 6. The second-order valence-electron chi connectivity index (χ2n) is 19.3. The molecule has 0 saturated heterocycles. The highest BCUT2D eigenvalue weighted by Gasteiger charge is 2.27. The van der Waals surface area contributed by atoms with Gasteiger partial charge in [0.15, 0.2) is 0 Å². The molecule has 0 radical (unpaired) electrons. The van der Waals surface area contributed by atoms with Crippen molar-refractivity contribution in [2.75, 3.05) is 9.80 Å². The van der Waals surface area contributed by atoms with Crippen molar-refractivity contribution in [2.45, 2.75) is 0 Å². The first-order valence-electron chi connectivity index (χ1n) is 25.3. The third kappa shape index (κ3) is 6.87. The molecule has 0 aliphatic rings. The zero-order valence-corrected chi connectivity index (χ0v) is 41.0. The van der Waals surface area contributed by atoms with Crippen LogP contribution in [0.2, 0.25) is 0 Å². The molecule has 346 valence electrons. The van der Waals surface area contributed by atoms with Gasteiger partial charge in [0.2, 0.25) is 0 Å². The molecule has 13 aromatic carbocycles. The summed E-state index contributed by atoms with van der Waals surface area (Å²) in [5, 5.41) is 19.3. The minimum atomic E-state index is 1.09. The number of rotatable bonds is 8. The van der Waals surface area contributed by atoms with E-state index < -0.39 is 0 Å². The Kier molecular flexibility index (Phi) is 9.75. The lowest BCUT2D eigenvalue weighted by atomic mass is 9.96. The Morgan fingerprint density at radius 3 is 1.23 bits per heavy atom. The Hall–Kier alpha value is -9.48. The summed E-state index contributed by atoms with van der Waals surface area (Å²) in [5.74, 6) is 0. The number of benzene rings is 13. The van der Waals surface area contributed by atoms with Gasteiger partial charge in [-0.1, -0.05) is 205 Å². The van der Waals surface area contributed by atoms with E-state index in [1.165, 1.54) is 86.4 Å². The van der Waals surface area contributed by atoms with Crippen molar-refractivity contribution in [2.24, 2.45) is 0 Å². The fourth-order valence-corrected chi connectivity index (χ4v) is 12.9. The largest absolute Gasteiger partial charge is 0.309 e. The van der Waals surface area contributed by atoms with Crippen molar-refractivity contribution in [3.05, 3.63) is 273 Å². The zero-order valence-electron chi connectivity index (χ0n) is 40.2. The highest BCUT2D eigenvalue weighted by Crippen LogP contribution is 2.54. The van der Waals surface area contributed by atoms with Gasteiger partial charge in [0.25, 0.3) is 0 Å². The molecule has 0 unspecified atom stereocenters. The van der Waals surface area contributed by atoms with Gasteiger partial charge in [-0.15, -0.1) is 0 Å². The van der Waals surface area contributed by atoms with E-state index in [9.17, 15) is 0 Å². The summed E-state index contributed by atoms with van der Waals surface area (Å²) >= 11 is 1.83. The Morgan fingerprint density at radius 2 is 0.716 bits per heavy atom. The van der Waals surface area contributed by atoms with Crippen LogP contribution in [0.4, 0.5) is 32.8 Å². The molecule has 0 spiro atoms. The van der Waals surface area contributed by atoms with Crippen LogP contribution in [0.15, 0.2) is 273 Å². The number of aromatic nitrogens is 1. The van der Waals surface area contributed by atoms with E-state index in [1.807, 2.05) is 11.3 Å². The van der Waals surface area contributed by atoms with E-state index in [4.69, 9.17) is 0 Å². The Labute approximate surface area is 432 Å². The van der Waals surface area contributed by atoms with Crippen LogP contribution in [0.25, 0.3) is 103 Å². The predicted molar refractivity (Wildman–Crippen MR) is 318 cm³/mol. The van der Waals surface area contributed by atoms with Crippen molar-refractivity contribution in [3.8, 4) is 16.8 Å². The van der Waals surface area contributed by atoms with E-state index in [0.717, 1.165) is 49.6 Å². The zero-order chi connectivity index (χ0) is 48.7. The number of hydrogen-bond acceptors (Lipinski definition) is 3. The van der Waals surface area contributed by atoms with Gasteiger partial charge in [-0.3, -0.25) is 0 Å². The molecule has 0 aliphatic heterocycles. The summed E-state index contributed by atoms with van der Waals surface area (Å²) in [7, 11) is 0. The van der Waals surface area contributed by atoms with E-state index in [2.05, 4.69) is 287 Å². The first-order chi connectivity index (χ1) is 36.7. The predicted octanol–water partition coefficient (Wildman–Crippen LogP) is 20.4. The highest BCUT2D eigenvalue weighted by atomic mass is 32.1. The molecule has 2 aromatic heterocycles. The summed E-state index contributed by atoms with van der Waals surface area (Å²) in [5.41, 5.74) is 10.2. The maximum atomic E-state index is 2.50. The van der Waals surface area contributed by atoms with Crippen LogP contribution in [-0.2, 0) is 0 Å². The molecule has 0 aliphatic carbocycles. The molecule has 15 rings (SSSR count). The van der Waals surface area contributed by atoms with Crippen LogP contribution in [0.3, 0.4) is 0 Å². The topological polar surface area (TPSA) is 11.4 Å². The van der Waals surface area contributed by atoms with E-state index >= 15 is 0 Å². The van der Waals surface area contributed by atoms with Crippen LogP contribution >= 0.6 is 11.3 Å². The van der Waals surface area contributed by atoms with Gasteiger partial charge < -0.3 is 14.4 Å². The molecule has 0 atom stereocenters. The van der Waals surface area contributed by atoms with Crippen molar-refractivity contribution < 1.29 is 0 Å². The molecule has 0 saturated carbocycles. The molecule has 0 N–H and O–H groups in total. The second kappa shape index (κ2) is 17.1. The fraction of sp³-hybridized carbons (Fsp3) is 0. The lowest BCUT2D eigenvalue weighted by molar-refractivity contribution is 1.19. The quantitative estimate of drug-likeness (QED) is 0.141. The third-order valence-electron chi connectivity index (χ3n) is 15.0. The first-order valence-corrected chi connectivity index (χ1v) is 26.1. The molecular formula is C70H45N3S. The monoisotopic (exact) mass is 959 g/mol. The summed E-state index contributed by atoms with van der Waals surface area (Å²) in [6.07, 6.45) is 0. The number of thiophene rings is 1. The van der Waals surface area contributed by atoms with Gasteiger partial charge in [0.05, 0.1) is 11.0 Å². The summed E-state index contributed by atoms with van der Waals surface area (Å²) in [6, 6.07) is 101. The normalized spacial score (nSPS) is 11.8. The van der Waals surface area contributed by atoms with Crippen molar-refractivity contribution >= 4 is 131 Å². The van der Waals surface area contributed by atoms with Crippen LogP contribution in [0.5, 0.6) is 0 Å². The van der Waals surface area contributed by atoms with Crippen molar-refractivity contribution in [1.29, 1.82) is 0 Å². The highest BCUT2D eigenvalue weighted by molar-refractivity contribution is 7.21. The first kappa shape index (κ1) is 42.2. The average Bonchev–Trinajstić information content (AvgIpc) is 4.07. The number of nitrogens with zero attached hydrogens (tertiary/aromatic N) is 3. The minimum absolute atomic E-state index is 1.09. The van der Waals surface area contributed by atoms with Crippen LogP contribution in [0.1, 0.15) is 0 Å². The lowest BCUT2D eigenvalue weighted by Gasteiger charge is -2.27. The Balaban J connectivity index is 1.06. The molecular weight excluding hydrogens is 915 g/mol. The lowest BCUT2D eigenvalue weighted by Crippen LogP contribution is -2.10. The Bertz CT molecular complexity index is 4540. The van der Waals surface area contributed by atoms with Gasteiger partial charge in [0.1, 0.15) is 10.0 Å². The number of hydrogen-bond donors (Lipinski definition) is 0. The number of para-hydroxylation sites is 1. The molecule has 4 heteroatoms. The van der Waals surface area contributed by atoms with Gasteiger partial charge >= 0.3 is 0 Å². The van der Waals surface area contributed by atoms with Gasteiger partial charge in [-0.05, 0) is 144 Å². The minimum Gasteiger partial charge on any atom is -0.309 e. The maximum absolute atomic E-state index is 2.50. The molecule has 0 bridgehead atoms. The van der Waals surface area contributed by atoms with Gasteiger partial charge in [-0.2, -0.15) is 0 Å². The molecule has 0 amide bonds. The van der Waals surface area contributed by atoms with Crippen LogP contribution in [-0.4, -0.2) is 4.57 Å². The third-order valence-corrected chi connectivity index (χ3v) is 16.2. The fourth-order valence-electron chi connectivity index (χ4n) is 11.6. The van der Waals surface area contributed by atoms with Crippen LogP contribution < -0.4 is 9.80 Å². The average molecular weight is 960 g/mol. The van der Waals surface area contributed by atoms with Gasteiger partial charge in [-0.25, -0.2) is 0 Å². The summed E-state index contributed by atoms with van der Waals surface area (Å²) in [6.45, 7) is 0. The molecule has 74 heavy (non-hydrogen) atoms. The van der Waals surface area contributed by atoms with Crippen molar-refractivity contribution in [1.82, 2.24) is 4.57 Å². The molecule has 0 fully saturated rings. The molecule has 15 aromatic rings. The SMILES string of the molecule is c1ccc(-n2c3ccc(-c4cc(N(c5ccc6ccccc6c5)c5ccc6ccccc6c5)sc4N(c4ccc5ccccc5c4)c4ccc5ccccc5c4)cc3c3c4ccccc4c4ccccc4c32)cc1. The molecule has 2 heterocycles. The Morgan fingerprint density at radius 1 is 0.297 bits per heavy atom.